The van der Waals surface area contributed by atoms with Crippen LogP contribution in [0.15, 0.2) is 142 Å². The normalized spacial score (nSPS) is 18.1. The lowest BCUT2D eigenvalue weighted by atomic mass is 9.78. The molecule has 0 spiro atoms. The monoisotopic (exact) mass is 1860 g/mol. The van der Waals surface area contributed by atoms with E-state index in [1.807, 2.05) is 0 Å². The van der Waals surface area contributed by atoms with Crippen LogP contribution in [0, 0.1) is 23.7 Å². The van der Waals surface area contributed by atoms with Crippen molar-refractivity contribution in [2.45, 2.75) is 126 Å². The molecule has 12 rings (SSSR count). The molecule has 0 amide bonds. The Hall–Kier alpha value is -12.8. The fraction of sp³-hybridized carbons (Fsp3) is 0.324. The molecule has 52 heteroatoms. The van der Waals surface area contributed by atoms with Crippen LogP contribution in [0.25, 0.3) is 20.2 Å². The van der Waals surface area contributed by atoms with Gasteiger partial charge in [-0.3, -0.25) is 24.0 Å². The molecule has 6 unspecified atom stereocenters. The van der Waals surface area contributed by atoms with Crippen LogP contribution >= 0.6 is 23.1 Å². The number of esters is 7. The van der Waals surface area contributed by atoms with Gasteiger partial charge in [-0.05, 0) is 100.0 Å². The molecule has 2 saturated carbocycles. The van der Waals surface area contributed by atoms with Crippen LogP contribution in [0.2, 0.25) is 0 Å². The van der Waals surface area contributed by atoms with E-state index in [0.717, 1.165) is 46.6 Å². The van der Waals surface area contributed by atoms with E-state index >= 15 is 0 Å². The molecule has 6 aromatic carbocycles. The van der Waals surface area contributed by atoms with Gasteiger partial charge < -0.3 is 77.5 Å². The minimum atomic E-state index is -6.77. The van der Waals surface area contributed by atoms with Crippen molar-refractivity contribution in [2.24, 2.45) is 23.7 Å². The molecule has 3 aliphatic carbocycles. The van der Waals surface area contributed by atoms with E-state index in [9.17, 15) is 193 Å². The second-order valence-corrected chi connectivity index (χ2v) is 29.7. The first kappa shape index (κ1) is 97.0. The number of para-hydroxylation sites is 1. The van der Waals surface area contributed by atoms with E-state index in [0.29, 0.717) is 32.2 Å². The third-order valence-corrected chi connectivity index (χ3v) is 20.6. The van der Waals surface area contributed by atoms with Gasteiger partial charge in [-0.25, -0.2) is 24.0 Å². The maximum Gasteiger partial charge on any atom is 0.411 e. The number of hydrogen-bond donors (Lipinski definition) is 0. The van der Waals surface area contributed by atoms with Crippen molar-refractivity contribution in [3.63, 3.8) is 0 Å². The lowest BCUT2D eigenvalue weighted by molar-refractivity contribution is -0.366. The fourth-order valence-corrected chi connectivity index (χ4v) is 14.1. The van der Waals surface area contributed by atoms with Gasteiger partial charge in [-0.1, -0.05) is 60.3 Å². The molecule has 2 aliphatic heterocycles. The molecular formula is C74H40F24O26S2-4. The van der Waals surface area contributed by atoms with E-state index in [4.69, 9.17) is 18.9 Å². The molecule has 3 heterocycles. The summed E-state index contributed by atoms with van der Waals surface area (Å²) in [5.41, 5.74) is -2.14. The van der Waals surface area contributed by atoms with Gasteiger partial charge in [0.05, 0.1) is 21.6 Å². The van der Waals surface area contributed by atoms with Crippen LogP contribution in [-0.4, -0.2) is 173 Å². The standard InChI is InChI=1S/C20H20F6O10.C19H8F6O6.C18H8F6O5S.C17H8F6O5S/c1-17(2,3)36-14(29)10-7-4-6-9(10)13(28)35-12(6)11(7)34-8(27)5-33-16(32)19(23,24)20(25,26)18(21,22)15(30)31;20-17(21,15(28)29)19(24,25)18(22,23)16(30)31-8-5-6-11-12(7-8)14(27)10-4-2-1-3-9(10)13(11)26;19-16(20,14(26)27)18(23,24)17(21,22)15(28)29-8-5-6-12-10(7-8)13(25)9-3-1-2-4-11(9)30-12;18-15(19,13(24)25)17(22,23)16(20,21)14(26)27-8-5-6-12-10(7-8)28-9-3-1-2-4-11(9)29-12/h6-7,9-12H,4-5H2,1-3H3,(H,30,31);1-7H,(H,28,29);1-7H,(H,26,27);1-7H,(H,24,25)/p-4. The summed E-state index contributed by atoms with van der Waals surface area (Å²) in [5, 5.41) is 40.6. The summed E-state index contributed by atoms with van der Waals surface area (Å²) in [6.45, 7) is 2.95. The molecule has 2 bridgehead atoms. The van der Waals surface area contributed by atoms with Gasteiger partial charge >= 0.3 is 113 Å². The number of benzene rings is 6. The summed E-state index contributed by atoms with van der Waals surface area (Å²) < 4.78 is 358. The minimum absolute atomic E-state index is 0.0362. The molecule has 5 aliphatic rings. The molecule has 1 aromatic heterocycles. The predicted molar refractivity (Wildman–Crippen MR) is 354 cm³/mol. The number of ether oxygens (including phenoxy) is 8. The van der Waals surface area contributed by atoms with Gasteiger partial charge in [-0.2, -0.15) is 105 Å². The number of ketones is 2. The Morgan fingerprint density at radius 2 is 0.817 bits per heavy atom. The molecule has 6 atom stereocenters. The highest BCUT2D eigenvalue weighted by Gasteiger charge is 2.80. The number of halogens is 24. The van der Waals surface area contributed by atoms with Gasteiger partial charge in [0.2, 0.25) is 0 Å². The third-order valence-electron chi connectivity index (χ3n) is 18.3. The van der Waals surface area contributed by atoms with Crippen LogP contribution in [0.4, 0.5) is 105 Å². The Morgan fingerprint density at radius 3 is 1.30 bits per heavy atom. The number of carboxylic acids is 4. The molecular weight excluding hydrogens is 1820 g/mol. The van der Waals surface area contributed by atoms with E-state index in [2.05, 4.69) is 18.9 Å². The van der Waals surface area contributed by atoms with Crippen molar-refractivity contribution < 1.29 is 226 Å². The van der Waals surface area contributed by atoms with Crippen molar-refractivity contribution in [3.05, 3.63) is 160 Å². The highest BCUT2D eigenvalue weighted by Crippen LogP contribution is 2.60. The number of carboxylic acid groups (broad SMARTS) is 4. The highest BCUT2D eigenvalue weighted by atomic mass is 32.2. The van der Waals surface area contributed by atoms with Crippen molar-refractivity contribution in [2.75, 3.05) is 6.61 Å². The summed E-state index contributed by atoms with van der Waals surface area (Å²) in [5.74, 6) is -115. The fourth-order valence-electron chi connectivity index (χ4n) is 12.1. The van der Waals surface area contributed by atoms with Crippen molar-refractivity contribution in [1.82, 2.24) is 0 Å². The van der Waals surface area contributed by atoms with Crippen molar-refractivity contribution in [1.29, 1.82) is 0 Å². The molecule has 3 fully saturated rings. The average Bonchev–Trinajstić information content (AvgIpc) is 1.55. The number of carbonyl (C=O) groups excluding carboxylic acids is 13. The molecule has 676 valence electrons. The van der Waals surface area contributed by atoms with E-state index in [1.54, 1.807) is 63.2 Å². The highest BCUT2D eigenvalue weighted by molar-refractivity contribution is 7.99. The Bertz CT molecular complexity index is 5730. The van der Waals surface area contributed by atoms with Gasteiger partial charge in [0, 0.05) is 60.3 Å². The smallest absolute Gasteiger partial charge is 0.411 e. The molecule has 1 saturated heterocycles. The topological polar surface area (TPSA) is 405 Å². The molecule has 126 heavy (non-hydrogen) atoms. The zero-order chi connectivity index (χ0) is 95.0. The van der Waals surface area contributed by atoms with E-state index in [-0.39, 0.29) is 39.6 Å². The van der Waals surface area contributed by atoms with Crippen LogP contribution in [-0.2, 0) is 71.7 Å². The van der Waals surface area contributed by atoms with Crippen LogP contribution in [0.1, 0.15) is 59.0 Å². The third kappa shape index (κ3) is 17.1. The lowest BCUT2D eigenvalue weighted by Crippen LogP contribution is -2.64. The Morgan fingerprint density at radius 1 is 0.421 bits per heavy atom. The minimum Gasteiger partial charge on any atom is -0.544 e. The number of aliphatic carboxylic acids is 4. The number of hydrogen-bond acceptors (Lipinski definition) is 28. The number of alkyl halides is 24. The number of rotatable bonds is 23. The first-order chi connectivity index (χ1) is 57.6. The maximum atomic E-state index is 13.7. The molecule has 0 radical (unpaired) electrons. The zero-order valence-corrected chi connectivity index (χ0v) is 63.1. The molecule has 0 N–H and O–H groups in total. The van der Waals surface area contributed by atoms with Crippen molar-refractivity contribution >= 4 is 120 Å². The molecule has 26 nitrogen and oxygen atoms in total. The Balaban J connectivity index is 0.000000191. The molecule has 7 aromatic rings. The van der Waals surface area contributed by atoms with Crippen LogP contribution in [0.3, 0.4) is 0 Å². The second kappa shape index (κ2) is 33.6. The summed E-state index contributed by atoms with van der Waals surface area (Å²) >= 11 is 2.35. The quantitative estimate of drug-likeness (QED) is 0.0190. The van der Waals surface area contributed by atoms with Gasteiger partial charge in [0.15, 0.2) is 23.6 Å². The first-order valence-corrected chi connectivity index (χ1v) is 35.5. The lowest BCUT2D eigenvalue weighted by Gasteiger charge is -2.32. The van der Waals surface area contributed by atoms with Gasteiger partial charge in [-0.15, -0.1) is 11.3 Å². The summed E-state index contributed by atoms with van der Waals surface area (Å²) in [4.78, 5) is 162. The average molecular weight is 1870 g/mol. The Kier molecular flexibility index (Phi) is 25.9. The number of carbonyl (C=O) groups is 13. The zero-order valence-electron chi connectivity index (χ0n) is 61.5. The summed E-state index contributed by atoms with van der Waals surface area (Å²) in [7, 11) is 0. The summed E-state index contributed by atoms with van der Waals surface area (Å²) in [6.07, 6.45) is -2.13. The van der Waals surface area contributed by atoms with Gasteiger partial charge in [0.1, 0.15) is 70.4 Å². The summed E-state index contributed by atoms with van der Waals surface area (Å²) in [6, 6.07) is 26.8. The number of fused-ring (bicyclic) bond motifs is 7. The maximum absolute atomic E-state index is 13.7. The van der Waals surface area contributed by atoms with Gasteiger partial charge in [0.25, 0.3) is 0 Å². The largest absolute Gasteiger partial charge is 0.544 e. The van der Waals surface area contributed by atoms with Crippen LogP contribution < -0.4 is 44.8 Å². The predicted octanol–water partition coefficient (Wildman–Crippen LogP) is 8.75. The second-order valence-electron chi connectivity index (χ2n) is 27.5. The van der Waals surface area contributed by atoms with E-state index in [1.165, 1.54) is 54.2 Å². The SMILES string of the molecule is CC(C)(C)OC(=O)C1C2CC3C(OC(=O)C31)C2OC(=O)COC(=O)C(F)(F)C(F)(F)C(F)(F)C(=O)[O-].O=C([O-])C(F)(F)C(F)(F)C(F)(F)C(=O)Oc1ccc2c(c1)Oc1ccccc1S2.O=C([O-])C(F)(F)C(F)(F)C(F)(F)C(=O)Oc1ccc2sc3ccccc3c(=O)c2c1.O=C1c2ccccc2C(=O)c2cc(OC(=O)C(F)(F)C(F)(F)C(F)(F)C(=O)[O-])ccc21. The Labute approximate surface area is 689 Å². The first-order valence-electron chi connectivity index (χ1n) is 33.9. The van der Waals surface area contributed by atoms with Crippen LogP contribution in [0.5, 0.6) is 28.7 Å². The van der Waals surface area contributed by atoms with Crippen molar-refractivity contribution in [3.8, 4) is 28.7 Å². The van der Waals surface area contributed by atoms with E-state index < -0.39 is 225 Å².